The molecule has 0 saturated heterocycles. The van der Waals surface area contributed by atoms with Crippen LogP contribution in [0.25, 0.3) is 0 Å². The minimum absolute atomic E-state index is 0.118. The van der Waals surface area contributed by atoms with Crippen LogP contribution in [0, 0.1) is 0 Å². The van der Waals surface area contributed by atoms with Crippen LogP contribution in [0.2, 0.25) is 5.02 Å². The first-order valence-electron chi connectivity index (χ1n) is 4.90. The van der Waals surface area contributed by atoms with E-state index in [9.17, 15) is 9.59 Å². The maximum atomic E-state index is 11.2. The van der Waals surface area contributed by atoms with Gasteiger partial charge in [-0.15, -0.1) is 0 Å². The molecule has 1 rings (SSSR count). The van der Waals surface area contributed by atoms with Crippen LogP contribution in [0.1, 0.15) is 10.4 Å². The number of rotatable bonds is 4. The van der Waals surface area contributed by atoms with E-state index in [0.29, 0.717) is 10.7 Å². The van der Waals surface area contributed by atoms with Crippen LogP contribution in [0.3, 0.4) is 0 Å². The van der Waals surface area contributed by atoms with Gasteiger partial charge in [-0.25, -0.2) is 4.79 Å². The smallest absolute Gasteiger partial charge is 0.335 e. The molecule has 1 amide bonds. The molecule has 0 fully saturated rings. The Morgan fingerprint density at radius 2 is 2.12 bits per heavy atom. The van der Waals surface area contributed by atoms with E-state index in [1.54, 1.807) is 25.1 Å². The molecule has 0 aliphatic rings. The molecule has 0 heterocycles. The molecule has 2 N–H and O–H groups in total. The number of carbonyl (C=O) groups excluding carboxylic acids is 1. The van der Waals surface area contributed by atoms with Crippen molar-refractivity contribution in [2.45, 2.75) is 0 Å². The number of nitrogens with one attached hydrogen (secondary N) is 1. The van der Waals surface area contributed by atoms with Crippen molar-refractivity contribution in [3.63, 3.8) is 0 Å². The minimum Gasteiger partial charge on any atom is -0.478 e. The van der Waals surface area contributed by atoms with E-state index in [-0.39, 0.29) is 18.0 Å². The van der Waals surface area contributed by atoms with Crippen LogP contribution in [0.5, 0.6) is 0 Å². The lowest BCUT2D eigenvalue weighted by molar-refractivity contribution is -0.119. The molecule has 0 spiro atoms. The van der Waals surface area contributed by atoms with Crippen LogP contribution < -0.4 is 10.2 Å². The highest BCUT2D eigenvalue weighted by molar-refractivity contribution is 6.33. The summed E-state index contributed by atoms with van der Waals surface area (Å²) in [5.74, 6) is -1.18. The summed E-state index contributed by atoms with van der Waals surface area (Å²) in [5.41, 5.74) is 0.729. The SMILES string of the molecule is CNC(=O)CN(C)c1ccc(C(=O)O)cc1Cl. The lowest BCUT2D eigenvalue weighted by atomic mass is 10.2. The molecule has 5 nitrogen and oxygen atoms in total. The van der Waals surface area contributed by atoms with Crippen LogP contribution >= 0.6 is 11.6 Å². The monoisotopic (exact) mass is 256 g/mol. The van der Waals surface area contributed by atoms with E-state index in [1.807, 2.05) is 0 Å². The number of hydrogen-bond acceptors (Lipinski definition) is 3. The summed E-state index contributed by atoms with van der Waals surface area (Å²) in [4.78, 5) is 23.6. The molecule has 6 heteroatoms. The number of carboxylic acids is 1. The maximum absolute atomic E-state index is 11.2. The number of carboxylic acid groups (broad SMARTS) is 1. The molecule has 0 bridgehead atoms. The van der Waals surface area contributed by atoms with Crippen molar-refractivity contribution in [3.8, 4) is 0 Å². The lowest BCUT2D eigenvalue weighted by Crippen LogP contribution is -2.33. The van der Waals surface area contributed by atoms with Crippen molar-refractivity contribution in [2.75, 3.05) is 25.5 Å². The molecule has 1 aromatic rings. The highest BCUT2D eigenvalue weighted by Gasteiger charge is 2.12. The first kappa shape index (κ1) is 13.3. The van der Waals surface area contributed by atoms with E-state index in [1.165, 1.54) is 12.1 Å². The number of aromatic carboxylic acids is 1. The largest absolute Gasteiger partial charge is 0.478 e. The van der Waals surface area contributed by atoms with Gasteiger partial charge in [0.2, 0.25) is 5.91 Å². The second-order valence-electron chi connectivity index (χ2n) is 3.50. The minimum atomic E-state index is -1.03. The molecule has 0 saturated carbocycles. The van der Waals surface area contributed by atoms with Crippen molar-refractivity contribution >= 4 is 29.2 Å². The molecule has 1 aromatic carbocycles. The molecule has 0 radical (unpaired) electrons. The standard InChI is InChI=1S/C11H13ClN2O3/c1-13-10(15)6-14(2)9-4-3-7(11(16)17)5-8(9)12/h3-5H,6H2,1-2H3,(H,13,15)(H,16,17). The molecular weight excluding hydrogens is 244 g/mol. The number of likely N-dealkylation sites (N-methyl/N-ethyl adjacent to an activating group) is 2. The van der Waals surface area contributed by atoms with Gasteiger partial charge in [0.15, 0.2) is 0 Å². The molecule has 0 atom stereocenters. The third-order valence-corrected chi connectivity index (χ3v) is 2.57. The molecule has 92 valence electrons. The van der Waals surface area contributed by atoms with Gasteiger partial charge in [-0.2, -0.15) is 0 Å². The fraction of sp³-hybridized carbons (Fsp3) is 0.273. The second-order valence-corrected chi connectivity index (χ2v) is 3.91. The maximum Gasteiger partial charge on any atom is 0.335 e. The molecule has 0 aliphatic heterocycles. The summed E-state index contributed by atoms with van der Waals surface area (Å²) in [6, 6.07) is 4.39. The van der Waals surface area contributed by atoms with Crippen LogP contribution in [-0.4, -0.2) is 37.6 Å². The van der Waals surface area contributed by atoms with Crippen LogP contribution in [0.4, 0.5) is 5.69 Å². The Hall–Kier alpha value is -1.75. The van der Waals surface area contributed by atoms with Crippen molar-refractivity contribution < 1.29 is 14.7 Å². The van der Waals surface area contributed by atoms with Crippen LogP contribution in [-0.2, 0) is 4.79 Å². The van der Waals surface area contributed by atoms with E-state index >= 15 is 0 Å². The number of carbonyl (C=O) groups is 2. The summed E-state index contributed by atoms with van der Waals surface area (Å²) in [7, 11) is 3.25. The van der Waals surface area contributed by atoms with E-state index in [2.05, 4.69) is 5.32 Å². The zero-order valence-electron chi connectivity index (χ0n) is 9.53. The predicted molar refractivity (Wildman–Crippen MR) is 65.7 cm³/mol. The Kier molecular flexibility index (Phi) is 4.34. The van der Waals surface area contributed by atoms with Gasteiger partial charge in [-0.1, -0.05) is 11.6 Å². The Bertz CT molecular complexity index is 448. The quantitative estimate of drug-likeness (QED) is 0.850. The number of halogens is 1. The van der Waals surface area contributed by atoms with Gasteiger partial charge in [0.1, 0.15) is 0 Å². The zero-order chi connectivity index (χ0) is 13.0. The number of nitrogens with zero attached hydrogens (tertiary/aromatic N) is 1. The van der Waals surface area contributed by atoms with Gasteiger partial charge >= 0.3 is 5.97 Å². The Morgan fingerprint density at radius 1 is 1.47 bits per heavy atom. The molecular formula is C11H13ClN2O3. The van der Waals surface area contributed by atoms with Gasteiger partial charge in [-0.3, -0.25) is 4.79 Å². The number of anilines is 1. The summed E-state index contributed by atoms with van der Waals surface area (Å²) >= 11 is 5.96. The highest BCUT2D eigenvalue weighted by atomic mass is 35.5. The number of benzene rings is 1. The summed E-state index contributed by atoms with van der Waals surface area (Å²) in [5, 5.41) is 11.6. The fourth-order valence-electron chi connectivity index (χ4n) is 1.33. The third kappa shape index (κ3) is 3.35. The van der Waals surface area contributed by atoms with Gasteiger partial charge in [0.05, 0.1) is 22.8 Å². The van der Waals surface area contributed by atoms with Gasteiger partial charge in [0.25, 0.3) is 0 Å². The average Bonchev–Trinajstić information content (AvgIpc) is 2.28. The first-order valence-corrected chi connectivity index (χ1v) is 5.28. The third-order valence-electron chi connectivity index (χ3n) is 2.27. The Morgan fingerprint density at radius 3 is 2.59 bits per heavy atom. The number of amides is 1. The summed E-state index contributed by atoms with van der Waals surface area (Å²) in [6.45, 7) is 0.155. The molecule has 0 unspecified atom stereocenters. The number of hydrogen-bond donors (Lipinski definition) is 2. The van der Waals surface area contributed by atoms with Crippen molar-refractivity contribution in [1.82, 2.24) is 5.32 Å². The van der Waals surface area contributed by atoms with Gasteiger partial charge < -0.3 is 15.3 Å². The van der Waals surface area contributed by atoms with Crippen molar-refractivity contribution in [1.29, 1.82) is 0 Å². The predicted octanol–water partition coefficient (Wildman–Crippen LogP) is 1.22. The van der Waals surface area contributed by atoms with E-state index in [0.717, 1.165) is 0 Å². The average molecular weight is 257 g/mol. The second kappa shape index (κ2) is 5.54. The van der Waals surface area contributed by atoms with Crippen molar-refractivity contribution in [2.24, 2.45) is 0 Å². The lowest BCUT2D eigenvalue weighted by Gasteiger charge is -2.19. The molecule has 17 heavy (non-hydrogen) atoms. The fourth-order valence-corrected chi connectivity index (χ4v) is 1.65. The Balaban J connectivity index is 2.92. The molecule has 0 aliphatic carbocycles. The normalized spacial score (nSPS) is 9.82. The zero-order valence-corrected chi connectivity index (χ0v) is 10.3. The Labute approximate surface area is 104 Å². The van der Waals surface area contributed by atoms with Gasteiger partial charge in [-0.05, 0) is 18.2 Å². The summed E-state index contributed by atoms with van der Waals surface area (Å²) in [6.07, 6.45) is 0. The topological polar surface area (TPSA) is 69.6 Å². The first-order chi connectivity index (χ1) is 7.95. The van der Waals surface area contributed by atoms with E-state index in [4.69, 9.17) is 16.7 Å². The highest BCUT2D eigenvalue weighted by Crippen LogP contribution is 2.25. The molecule has 0 aromatic heterocycles. The van der Waals surface area contributed by atoms with E-state index < -0.39 is 5.97 Å². The summed E-state index contributed by atoms with van der Waals surface area (Å²) < 4.78 is 0. The van der Waals surface area contributed by atoms with Crippen molar-refractivity contribution in [3.05, 3.63) is 28.8 Å². The van der Waals surface area contributed by atoms with Gasteiger partial charge in [0, 0.05) is 14.1 Å². The van der Waals surface area contributed by atoms with Crippen LogP contribution in [0.15, 0.2) is 18.2 Å².